The summed E-state index contributed by atoms with van der Waals surface area (Å²) in [7, 11) is 0. The highest BCUT2D eigenvalue weighted by Crippen LogP contribution is 2.27. The maximum absolute atomic E-state index is 13.1. The van der Waals surface area contributed by atoms with Crippen LogP contribution in [0.4, 0.5) is 0 Å². The van der Waals surface area contributed by atoms with E-state index in [1.807, 2.05) is 23.3 Å². The third-order valence-corrected chi connectivity index (χ3v) is 5.65. The molecule has 2 aromatic heterocycles. The zero-order valence-electron chi connectivity index (χ0n) is 15.6. The molecule has 140 valence electrons. The average molecular weight is 375 g/mol. The summed E-state index contributed by atoms with van der Waals surface area (Å²) in [5.74, 6) is 0.123. The highest BCUT2D eigenvalue weighted by atomic mass is 32.1. The zero-order valence-corrected chi connectivity index (χ0v) is 16.4. The molecule has 3 rings (SSSR count). The Morgan fingerprint density at radius 3 is 2.35 bits per heavy atom. The summed E-state index contributed by atoms with van der Waals surface area (Å²) in [6.07, 6.45) is 0. The molecule has 2 amide bonds. The van der Waals surface area contributed by atoms with E-state index in [1.54, 1.807) is 11.3 Å². The van der Waals surface area contributed by atoms with Crippen molar-refractivity contribution in [2.24, 2.45) is 0 Å². The van der Waals surface area contributed by atoms with Crippen LogP contribution in [0, 0.1) is 13.8 Å². The Bertz CT molecular complexity index is 768. The van der Waals surface area contributed by atoms with Gasteiger partial charge >= 0.3 is 0 Å². The summed E-state index contributed by atoms with van der Waals surface area (Å²) >= 11 is 1.59. The molecule has 1 fully saturated rings. The first-order chi connectivity index (χ1) is 12.5. The van der Waals surface area contributed by atoms with Crippen molar-refractivity contribution in [2.75, 3.05) is 39.3 Å². The lowest BCUT2D eigenvalue weighted by molar-refractivity contribution is -0.122. The third kappa shape index (κ3) is 3.83. The van der Waals surface area contributed by atoms with Gasteiger partial charge in [0.15, 0.2) is 0 Å². The van der Waals surface area contributed by atoms with Gasteiger partial charge in [-0.2, -0.15) is 0 Å². The van der Waals surface area contributed by atoms with Crippen LogP contribution in [0.3, 0.4) is 0 Å². The van der Waals surface area contributed by atoms with Crippen LogP contribution >= 0.6 is 11.3 Å². The lowest BCUT2D eigenvalue weighted by Gasteiger charge is -2.34. The van der Waals surface area contributed by atoms with Gasteiger partial charge < -0.3 is 14.8 Å². The van der Waals surface area contributed by atoms with E-state index >= 15 is 0 Å². The van der Waals surface area contributed by atoms with Crippen LogP contribution in [0.5, 0.6) is 0 Å². The number of carbonyl (C=O) groups excluding carboxylic acids is 2. The SMILES string of the molecule is CCNC(=O)CN1CCN(C(=O)c2ccsc2-n2c(C)ccc2C)CC1. The minimum absolute atomic E-state index is 0.0472. The topological polar surface area (TPSA) is 57.6 Å². The van der Waals surface area contributed by atoms with Gasteiger partial charge in [0.05, 0.1) is 12.1 Å². The number of hydrogen-bond acceptors (Lipinski definition) is 4. The molecule has 0 aromatic carbocycles. The molecule has 1 N–H and O–H groups in total. The molecule has 0 atom stereocenters. The van der Waals surface area contributed by atoms with Gasteiger partial charge in [0.1, 0.15) is 5.00 Å². The maximum atomic E-state index is 13.1. The van der Waals surface area contributed by atoms with Crippen LogP contribution < -0.4 is 5.32 Å². The van der Waals surface area contributed by atoms with E-state index in [-0.39, 0.29) is 11.8 Å². The van der Waals surface area contributed by atoms with Crippen LogP contribution in [0.25, 0.3) is 5.00 Å². The van der Waals surface area contributed by atoms with Crippen LogP contribution in [-0.2, 0) is 4.79 Å². The van der Waals surface area contributed by atoms with Crippen molar-refractivity contribution in [3.8, 4) is 5.00 Å². The number of thiophene rings is 1. The lowest BCUT2D eigenvalue weighted by Crippen LogP contribution is -2.51. The van der Waals surface area contributed by atoms with E-state index in [4.69, 9.17) is 0 Å². The van der Waals surface area contributed by atoms with Crippen LogP contribution in [-0.4, -0.2) is 65.4 Å². The van der Waals surface area contributed by atoms with Gasteiger partial charge in [-0.25, -0.2) is 0 Å². The molecule has 1 saturated heterocycles. The molecule has 0 bridgehead atoms. The van der Waals surface area contributed by atoms with Gasteiger partial charge in [0.2, 0.25) is 5.91 Å². The molecule has 0 radical (unpaired) electrons. The van der Waals surface area contributed by atoms with Crippen molar-refractivity contribution >= 4 is 23.2 Å². The highest BCUT2D eigenvalue weighted by Gasteiger charge is 2.26. The van der Waals surface area contributed by atoms with Gasteiger partial charge in [-0.3, -0.25) is 14.5 Å². The number of hydrogen-bond donors (Lipinski definition) is 1. The standard InChI is InChI=1S/C19H26N4O2S/c1-4-20-17(24)13-21-8-10-22(11-9-21)18(25)16-7-12-26-19(16)23-14(2)5-6-15(23)3/h5-7,12H,4,8-11,13H2,1-3H3,(H,20,24). The number of aryl methyl sites for hydroxylation is 2. The molecule has 0 saturated carbocycles. The second-order valence-electron chi connectivity index (χ2n) is 6.61. The summed E-state index contributed by atoms with van der Waals surface area (Å²) in [6, 6.07) is 6.06. The first-order valence-electron chi connectivity index (χ1n) is 9.02. The summed E-state index contributed by atoms with van der Waals surface area (Å²) in [6.45, 7) is 9.84. The Labute approximate surface area is 158 Å². The predicted molar refractivity (Wildman–Crippen MR) is 104 cm³/mol. The smallest absolute Gasteiger partial charge is 0.256 e. The molecule has 0 spiro atoms. The number of nitrogens with one attached hydrogen (secondary N) is 1. The van der Waals surface area contributed by atoms with Gasteiger partial charge in [-0.1, -0.05) is 0 Å². The molecule has 0 aliphatic carbocycles. The van der Waals surface area contributed by atoms with Gasteiger partial charge in [-0.15, -0.1) is 11.3 Å². The minimum Gasteiger partial charge on any atom is -0.355 e. The quantitative estimate of drug-likeness (QED) is 0.871. The molecular weight excluding hydrogens is 348 g/mol. The van der Waals surface area contributed by atoms with Crippen molar-refractivity contribution in [3.05, 3.63) is 40.5 Å². The lowest BCUT2D eigenvalue weighted by atomic mass is 10.2. The number of likely N-dealkylation sites (N-methyl/N-ethyl adjacent to an activating group) is 1. The number of aromatic nitrogens is 1. The summed E-state index contributed by atoms with van der Waals surface area (Å²) in [5.41, 5.74) is 3.02. The second-order valence-corrected chi connectivity index (χ2v) is 7.51. The van der Waals surface area contributed by atoms with E-state index in [2.05, 4.69) is 40.8 Å². The average Bonchev–Trinajstić information content (AvgIpc) is 3.21. The molecular formula is C19H26N4O2S. The molecule has 1 aliphatic heterocycles. The fraction of sp³-hybridized carbons (Fsp3) is 0.474. The number of nitrogens with zero attached hydrogens (tertiary/aromatic N) is 3. The van der Waals surface area contributed by atoms with E-state index in [0.29, 0.717) is 26.2 Å². The normalized spacial score (nSPS) is 15.3. The van der Waals surface area contributed by atoms with Crippen molar-refractivity contribution < 1.29 is 9.59 Å². The Kier molecular flexibility index (Phi) is 5.78. The van der Waals surface area contributed by atoms with Crippen LogP contribution in [0.1, 0.15) is 28.7 Å². The number of carbonyl (C=O) groups is 2. The molecule has 7 heteroatoms. The minimum atomic E-state index is 0.0472. The number of rotatable bonds is 5. The second kappa shape index (κ2) is 8.05. The van der Waals surface area contributed by atoms with Gasteiger partial charge in [0.25, 0.3) is 5.91 Å². The molecule has 1 aliphatic rings. The highest BCUT2D eigenvalue weighted by molar-refractivity contribution is 7.13. The zero-order chi connectivity index (χ0) is 18.7. The molecule has 2 aromatic rings. The Balaban J connectivity index is 1.67. The number of piperazine rings is 1. The van der Waals surface area contributed by atoms with Crippen molar-refractivity contribution in [3.63, 3.8) is 0 Å². The van der Waals surface area contributed by atoms with E-state index < -0.39 is 0 Å². The van der Waals surface area contributed by atoms with Crippen LogP contribution in [0.15, 0.2) is 23.6 Å². The van der Waals surface area contributed by atoms with Crippen LogP contribution in [0.2, 0.25) is 0 Å². The fourth-order valence-electron chi connectivity index (χ4n) is 3.36. The van der Waals surface area contributed by atoms with Crippen molar-refractivity contribution in [2.45, 2.75) is 20.8 Å². The van der Waals surface area contributed by atoms with E-state index in [1.165, 1.54) is 0 Å². The monoisotopic (exact) mass is 374 g/mol. The maximum Gasteiger partial charge on any atom is 0.256 e. The molecule has 6 nitrogen and oxygen atoms in total. The Morgan fingerprint density at radius 2 is 1.73 bits per heavy atom. The fourth-order valence-corrected chi connectivity index (χ4v) is 4.37. The molecule has 26 heavy (non-hydrogen) atoms. The van der Waals surface area contributed by atoms with Crippen molar-refractivity contribution in [1.82, 2.24) is 19.7 Å². The third-order valence-electron chi connectivity index (χ3n) is 4.75. The van der Waals surface area contributed by atoms with E-state index in [0.717, 1.165) is 35.0 Å². The molecule has 3 heterocycles. The van der Waals surface area contributed by atoms with Gasteiger partial charge in [-0.05, 0) is 44.4 Å². The van der Waals surface area contributed by atoms with E-state index in [9.17, 15) is 9.59 Å². The summed E-state index contributed by atoms with van der Waals surface area (Å²) in [5, 5.41) is 5.79. The summed E-state index contributed by atoms with van der Waals surface area (Å²) in [4.78, 5) is 28.8. The Morgan fingerprint density at radius 1 is 1.08 bits per heavy atom. The van der Waals surface area contributed by atoms with Crippen molar-refractivity contribution in [1.29, 1.82) is 0 Å². The Hall–Kier alpha value is -2.12. The molecule has 0 unspecified atom stereocenters. The predicted octanol–water partition coefficient (Wildman–Crippen LogP) is 2.05. The summed E-state index contributed by atoms with van der Waals surface area (Å²) < 4.78 is 2.14. The first-order valence-corrected chi connectivity index (χ1v) is 9.90. The largest absolute Gasteiger partial charge is 0.355 e. The number of amides is 2. The van der Waals surface area contributed by atoms with Gasteiger partial charge in [0, 0.05) is 44.1 Å². The first kappa shape index (κ1) is 18.7.